The Morgan fingerprint density at radius 3 is 2.67 bits per heavy atom. The smallest absolute Gasteiger partial charge is 0.228 e. The molecule has 1 aliphatic rings. The molecular formula is C30H42Cl2N12O2. The second-order valence-corrected chi connectivity index (χ2v) is 11.7. The number of nitriles is 1. The minimum absolute atomic E-state index is 0.0179. The summed E-state index contributed by atoms with van der Waals surface area (Å²) in [5.74, 6) is 5.36. The van der Waals surface area contributed by atoms with Crippen molar-refractivity contribution < 1.29 is 9.53 Å². The van der Waals surface area contributed by atoms with Crippen LogP contribution in [0.5, 0.6) is 5.75 Å². The van der Waals surface area contributed by atoms with Gasteiger partial charge < -0.3 is 26.5 Å². The van der Waals surface area contributed by atoms with Crippen molar-refractivity contribution in [2.24, 2.45) is 32.9 Å². The predicted octanol–water partition coefficient (Wildman–Crippen LogP) is 5.62. The lowest BCUT2D eigenvalue weighted by atomic mass is 9.95. The highest BCUT2D eigenvalue weighted by Crippen LogP contribution is 2.33. The molecule has 0 heterocycles. The third kappa shape index (κ3) is 10.3. The number of nitrogens with two attached hydrogens (primary N) is 2. The first-order valence-corrected chi connectivity index (χ1v) is 16.0. The zero-order valence-electron chi connectivity index (χ0n) is 26.0. The average Bonchev–Trinajstić information content (AvgIpc) is 3.52. The molecule has 14 nitrogen and oxygen atoms in total. The van der Waals surface area contributed by atoms with Crippen molar-refractivity contribution in [2.75, 3.05) is 25.0 Å². The van der Waals surface area contributed by atoms with Crippen molar-refractivity contribution in [1.29, 1.82) is 5.26 Å². The summed E-state index contributed by atoms with van der Waals surface area (Å²) in [5.41, 5.74) is 17.2. The quantitative estimate of drug-likeness (QED) is 0.0195. The number of carbonyl (C=O) groups excluding carboxylic acids is 1. The zero-order chi connectivity index (χ0) is 33.5. The average molecular weight is 674 g/mol. The van der Waals surface area contributed by atoms with Crippen LogP contribution in [0.4, 0.5) is 5.69 Å². The number of anilines is 1. The molecule has 0 aliphatic heterocycles. The SMILES string of the molecule is CCC(CC)Oc1cccc(NC(NC#N)NCC(C(N)c2ccc(Cl)c(Cl)c2)N(CCN=[N+]=[N-])C(=O)C2CCCC2N=NN)c1. The van der Waals surface area contributed by atoms with E-state index in [1.165, 1.54) is 0 Å². The number of ether oxygens (including phenoxy) is 1. The van der Waals surface area contributed by atoms with Gasteiger partial charge in [0.2, 0.25) is 5.91 Å². The highest BCUT2D eigenvalue weighted by atomic mass is 35.5. The Kier molecular flexibility index (Phi) is 15.0. The first kappa shape index (κ1) is 36.5. The molecule has 0 radical (unpaired) electrons. The van der Waals surface area contributed by atoms with E-state index in [1.807, 2.05) is 30.5 Å². The third-order valence-corrected chi connectivity index (χ3v) is 8.78. The number of azide groups is 1. The van der Waals surface area contributed by atoms with E-state index < -0.39 is 24.3 Å². The Labute approximate surface area is 279 Å². The summed E-state index contributed by atoms with van der Waals surface area (Å²) < 4.78 is 6.09. The second-order valence-electron chi connectivity index (χ2n) is 10.9. The summed E-state index contributed by atoms with van der Waals surface area (Å²) in [4.78, 5) is 18.7. The fourth-order valence-corrected chi connectivity index (χ4v) is 5.90. The van der Waals surface area contributed by atoms with Crippen LogP contribution in [0.1, 0.15) is 57.6 Å². The highest BCUT2D eigenvalue weighted by molar-refractivity contribution is 6.42. The molecule has 7 N–H and O–H groups in total. The molecule has 0 saturated heterocycles. The number of halogens is 2. The van der Waals surface area contributed by atoms with Gasteiger partial charge in [-0.2, -0.15) is 10.4 Å². The van der Waals surface area contributed by atoms with E-state index in [-0.39, 0.29) is 37.7 Å². The van der Waals surface area contributed by atoms with Gasteiger partial charge in [0.15, 0.2) is 12.5 Å². The Morgan fingerprint density at radius 2 is 2.00 bits per heavy atom. The lowest BCUT2D eigenvalue weighted by molar-refractivity contribution is -0.138. The van der Waals surface area contributed by atoms with E-state index in [1.54, 1.807) is 23.1 Å². The van der Waals surface area contributed by atoms with Crippen molar-refractivity contribution in [1.82, 2.24) is 15.5 Å². The third-order valence-electron chi connectivity index (χ3n) is 8.04. The summed E-state index contributed by atoms with van der Waals surface area (Å²) >= 11 is 12.5. The lowest BCUT2D eigenvalue weighted by Crippen LogP contribution is -2.57. The molecule has 1 saturated carbocycles. The number of hydrogen-bond acceptors (Lipinski definition) is 10. The molecule has 0 aromatic heterocycles. The molecular weight excluding hydrogens is 631 g/mol. The van der Waals surface area contributed by atoms with Gasteiger partial charge in [-0.3, -0.25) is 15.4 Å². The van der Waals surface area contributed by atoms with Crippen molar-refractivity contribution >= 4 is 34.8 Å². The minimum atomic E-state index is -0.757. The highest BCUT2D eigenvalue weighted by Gasteiger charge is 2.39. The van der Waals surface area contributed by atoms with E-state index in [0.717, 1.165) is 19.3 Å². The van der Waals surface area contributed by atoms with Crippen LogP contribution in [0.2, 0.25) is 10.0 Å². The van der Waals surface area contributed by atoms with Crippen LogP contribution >= 0.6 is 23.2 Å². The molecule has 0 bridgehead atoms. The van der Waals surface area contributed by atoms with E-state index in [9.17, 15) is 10.1 Å². The first-order chi connectivity index (χ1) is 22.3. The molecule has 2 aromatic carbocycles. The van der Waals surface area contributed by atoms with Crippen LogP contribution in [0.25, 0.3) is 10.4 Å². The minimum Gasteiger partial charge on any atom is -0.490 e. The van der Waals surface area contributed by atoms with Crippen molar-refractivity contribution in [3.63, 3.8) is 0 Å². The largest absolute Gasteiger partial charge is 0.490 e. The predicted molar refractivity (Wildman–Crippen MR) is 179 cm³/mol. The molecule has 3 rings (SSSR count). The molecule has 16 heteroatoms. The molecule has 0 spiro atoms. The fraction of sp³-hybridized carbons (Fsp3) is 0.533. The number of nitrogens with one attached hydrogen (secondary N) is 3. The van der Waals surface area contributed by atoms with Crippen LogP contribution in [0.3, 0.4) is 0 Å². The van der Waals surface area contributed by atoms with Gasteiger partial charge in [-0.25, -0.2) is 0 Å². The topological polar surface area (TPSA) is 215 Å². The van der Waals surface area contributed by atoms with Crippen molar-refractivity contribution in [2.45, 2.75) is 76.5 Å². The van der Waals surface area contributed by atoms with Crippen LogP contribution < -0.4 is 32.3 Å². The molecule has 1 aliphatic carbocycles. The van der Waals surface area contributed by atoms with Crippen molar-refractivity contribution in [3.05, 3.63) is 68.5 Å². The summed E-state index contributed by atoms with van der Waals surface area (Å²) in [6, 6.07) is 10.7. The van der Waals surface area contributed by atoms with Crippen molar-refractivity contribution in [3.8, 4) is 11.9 Å². The lowest BCUT2D eigenvalue weighted by Gasteiger charge is -2.38. The summed E-state index contributed by atoms with van der Waals surface area (Å²) in [6.45, 7) is 4.37. The standard InChI is InChI=1S/C30H42Cl2N12O2/c1-3-21(4-2)46-22-8-5-7-20(16-22)40-30(38-18-33)37-17-27(28(34)19-11-12-24(31)25(32)15-19)44(14-13-39-42-35)29(45)23-9-6-10-26(23)41-43-36/h5,7-8,11-12,15-16,21,23,26-28,30,37-38,40H,3-4,6,9-10,13-14,17,34H2,1-2H3,(H2,36,41). The number of benzene rings is 2. The Hall–Kier alpha value is -3.99. The Bertz CT molecular complexity index is 1400. The van der Waals surface area contributed by atoms with E-state index in [2.05, 4.69) is 50.2 Å². The van der Waals surface area contributed by atoms with Gasteiger partial charge in [-0.15, -0.1) is 0 Å². The number of hydrogen-bond donors (Lipinski definition) is 5. The normalized spacial score (nSPS) is 17.9. The van der Waals surface area contributed by atoms with E-state index >= 15 is 0 Å². The van der Waals surface area contributed by atoms with E-state index in [4.69, 9.17) is 45.0 Å². The Balaban J connectivity index is 1.94. The number of carbonyl (C=O) groups is 1. The van der Waals surface area contributed by atoms with Crippen LogP contribution in [-0.2, 0) is 4.79 Å². The van der Waals surface area contributed by atoms with Gasteiger partial charge in [0.25, 0.3) is 0 Å². The molecule has 5 unspecified atom stereocenters. The maximum Gasteiger partial charge on any atom is 0.228 e. The van der Waals surface area contributed by atoms with Crippen LogP contribution in [0.15, 0.2) is 57.9 Å². The maximum atomic E-state index is 14.2. The fourth-order valence-electron chi connectivity index (χ4n) is 5.59. The van der Waals surface area contributed by atoms with Gasteiger partial charge in [-0.05, 0) is 61.0 Å². The molecule has 248 valence electrons. The van der Waals surface area contributed by atoms with Gasteiger partial charge in [-0.1, -0.05) is 65.9 Å². The van der Waals surface area contributed by atoms with Gasteiger partial charge in [0.05, 0.1) is 40.2 Å². The molecule has 2 aromatic rings. The van der Waals surface area contributed by atoms with Gasteiger partial charge in [0, 0.05) is 36.3 Å². The summed E-state index contributed by atoms with van der Waals surface area (Å²) in [7, 11) is 0. The second kappa shape index (κ2) is 18.9. The molecule has 1 amide bonds. The molecule has 1 fully saturated rings. The molecule has 46 heavy (non-hydrogen) atoms. The number of nitrogens with zero attached hydrogens (tertiary/aromatic N) is 7. The Morgan fingerprint density at radius 1 is 1.22 bits per heavy atom. The summed E-state index contributed by atoms with van der Waals surface area (Å²) in [6.07, 6.45) is 5.10. The van der Waals surface area contributed by atoms with Gasteiger partial charge >= 0.3 is 0 Å². The zero-order valence-corrected chi connectivity index (χ0v) is 27.5. The number of amides is 1. The van der Waals surface area contributed by atoms with Crippen LogP contribution in [0, 0.1) is 17.4 Å². The van der Waals surface area contributed by atoms with Gasteiger partial charge in [0.1, 0.15) is 5.75 Å². The first-order valence-electron chi connectivity index (χ1n) is 15.3. The summed E-state index contributed by atoms with van der Waals surface area (Å²) in [5, 5.41) is 30.8. The number of rotatable bonds is 18. The maximum absolute atomic E-state index is 14.2. The monoisotopic (exact) mass is 672 g/mol. The van der Waals surface area contributed by atoms with E-state index in [0.29, 0.717) is 39.9 Å². The van der Waals surface area contributed by atoms with Crippen LogP contribution in [-0.4, -0.2) is 54.9 Å². The molecule has 5 atom stereocenters.